The Morgan fingerprint density at radius 1 is 1.23 bits per heavy atom. The monoisotopic (exact) mass is 472 g/mol. The van der Waals surface area contributed by atoms with Crippen LogP contribution in [0.3, 0.4) is 0 Å². The van der Waals surface area contributed by atoms with Gasteiger partial charge >= 0.3 is 6.09 Å². The molecule has 31 heavy (non-hydrogen) atoms. The zero-order valence-corrected chi connectivity index (χ0v) is 19.9. The van der Waals surface area contributed by atoms with Crippen molar-refractivity contribution in [2.24, 2.45) is 5.92 Å². The van der Waals surface area contributed by atoms with Crippen LogP contribution in [0.4, 0.5) is 4.79 Å². The molecule has 2 amide bonds. The largest absolute Gasteiger partial charge is 0.492 e. The smallest absolute Gasteiger partial charge is 0.417 e. The van der Waals surface area contributed by atoms with E-state index in [2.05, 4.69) is 0 Å². The molecule has 0 radical (unpaired) electrons. The van der Waals surface area contributed by atoms with Crippen molar-refractivity contribution in [2.45, 2.75) is 51.6 Å². The average molecular weight is 473 g/mol. The Morgan fingerprint density at radius 2 is 1.87 bits per heavy atom. The summed E-state index contributed by atoms with van der Waals surface area (Å²) in [7, 11) is -3.18. The van der Waals surface area contributed by atoms with Gasteiger partial charge in [-0.05, 0) is 56.7 Å². The number of ether oxygens (including phenoxy) is 2. The molecule has 0 aliphatic carbocycles. The summed E-state index contributed by atoms with van der Waals surface area (Å²) >= 11 is 6.05. The number of hydrogen-bond acceptors (Lipinski definition) is 6. The van der Waals surface area contributed by atoms with Gasteiger partial charge in [0.1, 0.15) is 11.4 Å². The number of alkyl halides is 1. The highest BCUT2D eigenvalue weighted by Crippen LogP contribution is 2.35. The van der Waals surface area contributed by atoms with Crippen LogP contribution in [-0.4, -0.2) is 61.2 Å². The Balaban J connectivity index is 1.73. The number of rotatable bonds is 5. The lowest BCUT2D eigenvalue weighted by atomic mass is 9.99. The van der Waals surface area contributed by atoms with E-state index in [4.69, 9.17) is 21.1 Å². The fraction of sp³-hybridized carbons (Fsp3) is 0.619. The summed E-state index contributed by atoms with van der Waals surface area (Å²) in [6.45, 7) is 6.60. The number of piperidine rings is 1. The van der Waals surface area contributed by atoms with Crippen LogP contribution in [0.5, 0.6) is 5.75 Å². The summed E-state index contributed by atoms with van der Waals surface area (Å²) in [5.41, 5.74) is 1.07. The quantitative estimate of drug-likeness (QED) is 0.610. The molecule has 1 saturated heterocycles. The van der Waals surface area contributed by atoms with Gasteiger partial charge in [-0.15, -0.1) is 11.6 Å². The maximum atomic E-state index is 13.0. The van der Waals surface area contributed by atoms with Crippen LogP contribution in [0.1, 0.15) is 55.1 Å². The highest BCUT2D eigenvalue weighted by atomic mass is 35.5. The van der Waals surface area contributed by atoms with Crippen LogP contribution in [-0.2, 0) is 27.2 Å². The molecule has 10 heteroatoms. The number of benzene rings is 1. The molecule has 0 N–H and O–H groups in total. The van der Waals surface area contributed by atoms with Crippen molar-refractivity contribution < 1.29 is 27.5 Å². The van der Waals surface area contributed by atoms with E-state index in [1.807, 2.05) is 0 Å². The third kappa shape index (κ3) is 5.51. The molecule has 0 aromatic heterocycles. The molecule has 1 fully saturated rings. The zero-order chi connectivity index (χ0) is 23.0. The first-order valence-electron chi connectivity index (χ1n) is 10.2. The molecule has 0 atom stereocenters. The fourth-order valence-electron chi connectivity index (χ4n) is 3.77. The van der Waals surface area contributed by atoms with Gasteiger partial charge < -0.3 is 9.47 Å². The van der Waals surface area contributed by atoms with Gasteiger partial charge in [-0.1, -0.05) is 6.07 Å². The number of hydrogen-bond donors (Lipinski definition) is 0. The van der Waals surface area contributed by atoms with E-state index in [9.17, 15) is 18.0 Å². The lowest BCUT2D eigenvalue weighted by Crippen LogP contribution is -2.39. The van der Waals surface area contributed by atoms with Crippen LogP contribution < -0.4 is 4.74 Å². The van der Waals surface area contributed by atoms with Gasteiger partial charge in [0.2, 0.25) is 10.0 Å². The van der Waals surface area contributed by atoms with Gasteiger partial charge in [0.15, 0.2) is 0 Å². The zero-order valence-electron chi connectivity index (χ0n) is 18.3. The number of sulfonamides is 1. The van der Waals surface area contributed by atoms with Crippen molar-refractivity contribution in [3.63, 3.8) is 0 Å². The Morgan fingerprint density at radius 3 is 2.42 bits per heavy atom. The molecule has 3 rings (SSSR count). The van der Waals surface area contributed by atoms with Gasteiger partial charge in [0.05, 0.1) is 25.0 Å². The van der Waals surface area contributed by atoms with Gasteiger partial charge in [0, 0.05) is 19.0 Å². The minimum absolute atomic E-state index is 0.0923. The first-order chi connectivity index (χ1) is 14.4. The Labute approximate surface area is 188 Å². The number of imide groups is 1. The lowest BCUT2D eigenvalue weighted by Gasteiger charge is -2.30. The second kappa shape index (κ2) is 8.96. The molecule has 2 aliphatic heterocycles. The average Bonchev–Trinajstić information content (AvgIpc) is 3.02. The van der Waals surface area contributed by atoms with E-state index in [1.54, 1.807) is 32.9 Å². The van der Waals surface area contributed by atoms with Crippen molar-refractivity contribution >= 4 is 33.6 Å². The number of carbonyl (C=O) groups is 2. The van der Waals surface area contributed by atoms with E-state index < -0.39 is 27.6 Å². The first kappa shape index (κ1) is 23.8. The number of halogens is 1. The number of carbonyl (C=O) groups excluding carboxylic acids is 2. The Hall–Kier alpha value is -1.84. The van der Waals surface area contributed by atoms with Gasteiger partial charge in [0.25, 0.3) is 5.91 Å². The Bertz CT molecular complexity index is 965. The van der Waals surface area contributed by atoms with E-state index in [0.29, 0.717) is 49.4 Å². The second-order valence-corrected chi connectivity index (χ2v) is 11.2. The molecule has 172 valence electrons. The molecular weight excluding hydrogens is 444 g/mol. The maximum absolute atomic E-state index is 13.0. The molecule has 1 aromatic carbocycles. The molecule has 2 aliphatic rings. The van der Waals surface area contributed by atoms with Gasteiger partial charge in [-0.3, -0.25) is 4.79 Å². The summed E-state index contributed by atoms with van der Waals surface area (Å²) in [5, 5.41) is 0. The van der Waals surface area contributed by atoms with Crippen molar-refractivity contribution in [3.05, 3.63) is 28.8 Å². The van der Waals surface area contributed by atoms with E-state index in [-0.39, 0.29) is 18.3 Å². The third-order valence-electron chi connectivity index (χ3n) is 5.42. The topological polar surface area (TPSA) is 93.2 Å². The normalized spacial score (nSPS) is 18.2. The minimum atomic E-state index is -3.18. The highest BCUT2D eigenvalue weighted by Gasteiger charge is 2.38. The van der Waals surface area contributed by atoms with Gasteiger partial charge in [-0.25, -0.2) is 22.4 Å². The van der Waals surface area contributed by atoms with Crippen molar-refractivity contribution in [1.29, 1.82) is 0 Å². The maximum Gasteiger partial charge on any atom is 0.417 e. The predicted molar refractivity (Wildman–Crippen MR) is 117 cm³/mol. The number of fused-ring (bicyclic) bond motifs is 1. The Kier molecular flexibility index (Phi) is 6.88. The third-order valence-corrected chi connectivity index (χ3v) is 7.01. The van der Waals surface area contributed by atoms with E-state index >= 15 is 0 Å². The van der Waals surface area contributed by atoms with Crippen molar-refractivity contribution in [3.8, 4) is 5.75 Å². The number of nitrogens with zero attached hydrogens (tertiary/aromatic N) is 2. The predicted octanol–water partition coefficient (Wildman–Crippen LogP) is 3.37. The highest BCUT2D eigenvalue weighted by molar-refractivity contribution is 7.88. The van der Waals surface area contributed by atoms with Crippen LogP contribution in [0.25, 0.3) is 0 Å². The summed E-state index contributed by atoms with van der Waals surface area (Å²) in [4.78, 5) is 26.6. The van der Waals surface area contributed by atoms with Gasteiger partial charge in [-0.2, -0.15) is 0 Å². The lowest BCUT2D eigenvalue weighted by molar-refractivity contribution is 0.0247. The molecule has 0 saturated carbocycles. The van der Waals surface area contributed by atoms with E-state index in [1.165, 1.54) is 10.6 Å². The minimum Gasteiger partial charge on any atom is -0.492 e. The summed E-state index contributed by atoms with van der Waals surface area (Å²) in [6.07, 6.45) is 1.89. The second-order valence-electron chi connectivity index (χ2n) is 9.00. The van der Waals surface area contributed by atoms with Crippen LogP contribution in [0, 0.1) is 5.92 Å². The van der Waals surface area contributed by atoms with Crippen molar-refractivity contribution in [1.82, 2.24) is 9.21 Å². The van der Waals surface area contributed by atoms with E-state index in [0.717, 1.165) is 10.5 Å². The molecule has 8 nitrogen and oxygen atoms in total. The fourth-order valence-corrected chi connectivity index (χ4v) is 4.90. The standard InChI is InChI=1S/C21H29ClN2O6S/c1-21(2,3)30-20(26)24-12-16-15(11-22)5-6-17(18(16)19(24)25)29-13-14-7-9-23(10-8-14)31(4,27)28/h5-6,14H,7-13H2,1-4H3. The molecule has 0 unspecified atom stereocenters. The summed E-state index contributed by atoms with van der Waals surface area (Å²) in [6, 6.07) is 3.51. The van der Waals surface area contributed by atoms with Crippen LogP contribution in [0.15, 0.2) is 12.1 Å². The van der Waals surface area contributed by atoms with Crippen LogP contribution >= 0.6 is 11.6 Å². The van der Waals surface area contributed by atoms with Crippen LogP contribution in [0.2, 0.25) is 0 Å². The summed E-state index contributed by atoms with van der Waals surface area (Å²) < 4.78 is 36.2. The van der Waals surface area contributed by atoms with Crippen molar-refractivity contribution in [2.75, 3.05) is 26.0 Å². The number of amides is 2. The molecular formula is C21H29ClN2O6S. The molecule has 0 spiro atoms. The SMILES string of the molecule is CC(C)(C)OC(=O)N1Cc2c(CCl)ccc(OCC3CCN(S(C)(=O)=O)CC3)c2C1=O. The molecule has 0 bridgehead atoms. The first-order valence-corrected chi connectivity index (χ1v) is 12.6. The molecule has 2 heterocycles. The molecule has 1 aromatic rings. The summed E-state index contributed by atoms with van der Waals surface area (Å²) in [5.74, 6) is 0.338.